The van der Waals surface area contributed by atoms with Crippen molar-refractivity contribution in [3.63, 3.8) is 0 Å². The molecule has 0 radical (unpaired) electrons. The van der Waals surface area contributed by atoms with Gasteiger partial charge >= 0.3 is 0 Å². The van der Waals surface area contributed by atoms with Crippen LogP contribution >= 0.6 is 22.7 Å². The Morgan fingerprint density at radius 3 is 2.79 bits per heavy atom. The molecule has 0 spiro atoms. The lowest BCUT2D eigenvalue weighted by Crippen LogP contribution is -2.30. The molecule has 4 aromatic rings. The molecule has 1 aromatic carbocycles. The Morgan fingerprint density at radius 2 is 2.00 bits per heavy atom. The van der Waals surface area contributed by atoms with Gasteiger partial charge in [-0.25, -0.2) is 9.97 Å². The van der Waals surface area contributed by atoms with E-state index in [-0.39, 0.29) is 18.0 Å². The van der Waals surface area contributed by atoms with E-state index < -0.39 is 0 Å². The van der Waals surface area contributed by atoms with Gasteiger partial charge in [-0.1, -0.05) is 30.3 Å². The maximum absolute atomic E-state index is 13.5. The summed E-state index contributed by atoms with van der Waals surface area (Å²) >= 11 is 2.97. The lowest BCUT2D eigenvalue weighted by atomic mass is 9.97. The van der Waals surface area contributed by atoms with Gasteiger partial charge in [0.25, 0.3) is 5.56 Å². The molecule has 3 heterocycles. The number of carbonyl (C=O) groups is 1. The van der Waals surface area contributed by atoms with Gasteiger partial charge in [0.05, 0.1) is 5.39 Å². The van der Waals surface area contributed by atoms with E-state index in [9.17, 15) is 9.59 Å². The molecule has 8 heteroatoms. The molecule has 5 rings (SSSR count). The van der Waals surface area contributed by atoms with Crippen LogP contribution in [0.4, 0.5) is 5.13 Å². The van der Waals surface area contributed by atoms with Gasteiger partial charge in [0.1, 0.15) is 17.2 Å². The largest absolute Gasteiger partial charge is 0.300 e. The van der Waals surface area contributed by atoms with Crippen molar-refractivity contribution in [3.8, 4) is 11.4 Å². The molecule has 0 atom stereocenters. The van der Waals surface area contributed by atoms with Crippen LogP contribution in [-0.2, 0) is 24.2 Å². The molecule has 1 aliphatic rings. The number of nitrogens with zero attached hydrogens (tertiary/aromatic N) is 3. The smallest absolute Gasteiger partial charge is 0.263 e. The van der Waals surface area contributed by atoms with Crippen LogP contribution in [0.25, 0.3) is 21.6 Å². The highest BCUT2D eigenvalue weighted by atomic mass is 32.1. The zero-order valence-electron chi connectivity index (χ0n) is 15.6. The maximum Gasteiger partial charge on any atom is 0.263 e. The van der Waals surface area contributed by atoms with Crippen molar-refractivity contribution in [2.45, 2.75) is 32.2 Å². The van der Waals surface area contributed by atoms with Gasteiger partial charge in [-0.2, -0.15) is 0 Å². The Bertz CT molecular complexity index is 1240. The minimum absolute atomic E-state index is 0.101. The Hall–Kier alpha value is -2.84. The number of nitrogens with one attached hydrogen (secondary N) is 1. The van der Waals surface area contributed by atoms with E-state index in [1.807, 2.05) is 30.3 Å². The summed E-state index contributed by atoms with van der Waals surface area (Å²) < 4.78 is 1.50. The SMILES string of the molecule is O=C(Cn1c(-c2ccccc2)nc2sc3c(c2c1=O)CCCC3)Nc1nccs1. The molecule has 6 nitrogen and oxygen atoms in total. The highest BCUT2D eigenvalue weighted by molar-refractivity contribution is 7.18. The van der Waals surface area contributed by atoms with E-state index in [2.05, 4.69) is 10.3 Å². The van der Waals surface area contributed by atoms with Gasteiger partial charge in [-0.05, 0) is 31.2 Å². The number of aryl methyl sites for hydroxylation is 2. The van der Waals surface area contributed by atoms with Gasteiger partial charge < -0.3 is 5.32 Å². The van der Waals surface area contributed by atoms with E-state index in [1.54, 1.807) is 22.9 Å². The van der Waals surface area contributed by atoms with Crippen molar-refractivity contribution in [3.05, 3.63) is 62.7 Å². The van der Waals surface area contributed by atoms with Gasteiger partial charge in [0.15, 0.2) is 5.13 Å². The standard InChI is InChI=1S/C21H18N4O2S2/c26-16(23-21-22-10-11-28-21)12-25-18(13-6-2-1-3-7-13)24-19-17(20(25)27)14-8-4-5-9-15(14)29-19/h1-3,6-7,10-11H,4-5,8-9,12H2,(H,22,23,26). The van der Waals surface area contributed by atoms with Crippen molar-refractivity contribution in [1.29, 1.82) is 0 Å². The third kappa shape index (κ3) is 3.38. The summed E-state index contributed by atoms with van der Waals surface area (Å²) in [4.78, 5) is 37.2. The zero-order chi connectivity index (χ0) is 19.8. The first kappa shape index (κ1) is 18.2. The van der Waals surface area contributed by atoms with Crippen LogP contribution < -0.4 is 10.9 Å². The number of thiazole rings is 1. The summed E-state index contributed by atoms with van der Waals surface area (Å²) in [5.41, 5.74) is 1.81. The first-order chi connectivity index (χ1) is 14.2. The summed E-state index contributed by atoms with van der Waals surface area (Å²) in [5.74, 6) is 0.237. The third-order valence-electron chi connectivity index (χ3n) is 5.09. The van der Waals surface area contributed by atoms with Crippen molar-refractivity contribution < 1.29 is 4.79 Å². The normalized spacial score (nSPS) is 13.4. The molecule has 0 saturated carbocycles. The van der Waals surface area contributed by atoms with Crippen LogP contribution in [0.15, 0.2) is 46.7 Å². The van der Waals surface area contributed by atoms with Crippen LogP contribution in [0.3, 0.4) is 0 Å². The summed E-state index contributed by atoms with van der Waals surface area (Å²) in [6.45, 7) is -0.101. The summed E-state index contributed by atoms with van der Waals surface area (Å²) in [6, 6.07) is 9.56. The molecule has 29 heavy (non-hydrogen) atoms. The molecular formula is C21H18N4O2S2. The molecule has 0 bridgehead atoms. The minimum atomic E-state index is -0.288. The molecular weight excluding hydrogens is 404 g/mol. The highest BCUT2D eigenvalue weighted by Crippen LogP contribution is 2.34. The Balaban J connectivity index is 1.65. The molecule has 0 aliphatic heterocycles. The number of amides is 1. The molecule has 146 valence electrons. The Labute approximate surface area is 174 Å². The number of thiophene rings is 1. The second-order valence-electron chi connectivity index (χ2n) is 6.97. The molecule has 1 N–H and O–H groups in total. The fourth-order valence-corrected chi connectivity index (χ4v) is 5.58. The van der Waals surface area contributed by atoms with Crippen molar-refractivity contribution >= 4 is 43.9 Å². The van der Waals surface area contributed by atoms with E-state index in [0.29, 0.717) is 16.3 Å². The van der Waals surface area contributed by atoms with Crippen LogP contribution in [0.2, 0.25) is 0 Å². The minimum Gasteiger partial charge on any atom is -0.300 e. The topological polar surface area (TPSA) is 76.9 Å². The number of fused-ring (bicyclic) bond motifs is 3. The number of anilines is 1. The first-order valence-corrected chi connectivity index (χ1v) is 11.2. The molecule has 0 saturated heterocycles. The molecule has 0 fully saturated rings. The van der Waals surface area contributed by atoms with Crippen molar-refractivity contribution in [2.24, 2.45) is 0 Å². The lowest BCUT2D eigenvalue weighted by Gasteiger charge is -2.13. The highest BCUT2D eigenvalue weighted by Gasteiger charge is 2.23. The van der Waals surface area contributed by atoms with Gasteiger partial charge in [0.2, 0.25) is 5.91 Å². The predicted octanol–water partition coefficient (Wildman–Crippen LogP) is 4.10. The van der Waals surface area contributed by atoms with Gasteiger partial charge in [0, 0.05) is 22.0 Å². The first-order valence-electron chi connectivity index (χ1n) is 9.50. The number of benzene rings is 1. The number of carbonyl (C=O) groups excluding carboxylic acids is 1. The third-order valence-corrected chi connectivity index (χ3v) is 6.96. The second kappa shape index (κ2) is 7.53. The predicted molar refractivity (Wildman–Crippen MR) is 117 cm³/mol. The van der Waals surface area contributed by atoms with Crippen LogP contribution in [0.1, 0.15) is 23.3 Å². The lowest BCUT2D eigenvalue weighted by molar-refractivity contribution is -0.116. The van der Waals surface area contributed by atoms with Gasteiger partial charge in [-0.15, -0.1) is 22.7 Å². The summed E-state index contributed by atoms with van der Waals surface area (Å²) in [5, 5.41) is 5.76. The molecule has 0 unspecified atom stereocenters. The van der Waals surface area contributed by atoms with Crippen LogP contribution in [0, 0.1) is 0 Å². The van der Waals surface area contributed by atoms with E-state index >= 15 is 0 Å². The molecule has 1 aliphatic carbocycles. The number of rotatable bonds is 4. The van der Waals surface area contributed by atoms with E-state index in [4.69, 9.17) is 4.98 Å². The quantitative estimate of drug-likeness (QED) is 0.537. The summed E-state index contributed by atoms with van der Waals surface area (Å²) in [7, 11) is 0. The van der Waals surface area contributed by atoms with Crippen LogP contribution in [0.5, 0.6) is 0 Å². The average Bonchev–Trinajstić information content (AvgIpc) is 3.38. The summed E-state index contributed by atoms with van der Waals surface area (Å²) in [6.07, 6.45) is 5.77. The maximum atomic E-state index is 13.5. The fraction of sp³-hybridized carbons (Fsp3) is 0.238. The number of aromatic nitrogens is 3. The number of hydrogen-bond donors (Lipinski definition) is 1. The monoisotopic (exact) mass is 422 g/mol. The average molecular weight is 423 g/mol. The van der Waals surface area contributed by atoms with E-state index in [1.165, 1.54) is 20.8 Å². The molecule has 1 amide bonds. The second-order valence-corrected chi connectivity index (χ2v) is 8.95. The van der Waals surface area contributed by atoms with Gasteiger partial charge in [-0.3, -0.25) is 14.2 Å². The van der Waals surface area contributed by atoms with Crippen molar-refractivity contribution in [2.75, 3.05) is 5.32 Å². The van der Waals surface area contributed by atoms with E-state index in [0.717, 1.165) is 41.6 Å². The Morgan fingerprint density at radius 1 is 1.17 bits per heavy atom. The fourth-order valence-electron chi connectivity index (χ4n) is 3.78. The zero-order valence-corrected chi connectivity index (χ0v) is 17.2. The van der Waals surface area contributed by atoms with Crippen molar-refractivity contribution in [1.82, 2.24) is 14.5 Å². The Kier molecular flexibility index (Phi) is 4.73. The number of hydrogen-bond acceptors (Lipinski definition) is 6. The molecule has 3 aromatic heterocycles. The van der Waals surface area contributed by atoms with Crippen LogP contribution in [-0.4, -0.2) is 20.4 Å².